The van der Waals surface area contributed by atoms with Crippen LogP contribution in [0.4, 0.5) is 5.69 Å². The SMILES string of the molecule is Nc1ccc(/C=C/C(=O)c2cccc(OC3CC3)c2)cc1. The van der Waals surface area contributed by atoms with E-state index in [9.17, 15) is 4.79 Å². The van der Waals surface area contributed by atoms with E-state index in [4.69, 9.17) is 10.5 Å². The summed E-state index contributed by atoms with van der Waals surface area (Å²) in [4.78, 5) is 12.2. The van der Waals surface area contributed by atoms with E-state index in [2.05, 4.69) is 0 Å². The molecule has 0 aromatic heterocycles. The summed E-state index contributed by atoms with van der Waals surface area (Å²) in [5.41, 5.74) is 7.93. The predicted molar refractivity (Wildman–Crippen MR) is 84.3 cm³/mol. The Kier molecular flexibility index (Phi) is 3.73. The average molecular weight is 279 g/mol. The molecule has 0 aliphatic heterocycles. The first kappa shape index (κ1) is 13.4. The molecular weight excluding hydrogens is 262 g/mol. The lowest BCUT2D eigenvalue weighted by Crippen LogP contribution is -1.99. The van der Waals surface area contributed by atoms with Crippen LogP contribution >= 0.6 is 0 Å². The van der Waals surface area contributed by atoms with Gasteiger partial charge in [-0.3, -0.25) is 4.79 Å². The van der Waals surface area contributed by atoms with Crippen molar-refractivity contribution in [3.63, 3.8) is 0 Å². The fraction of sp³-hybridized carbons (Fsp3) is 0.167. The van der Waals surface area contributed by atoms with Crippen molar-refractivity contribution in [1.82, 2.24) is 0 Å². The summed E-state index contributed by atoms with van der Waals surface area (Å²) in [7, 11) is 0. The smallest absolute Gasteiger partial charge is 0.185 e. The first-order chi connectivity index (χ1) is 10.2. The second-order valence-corrected chi connectivity index (χ2v) is 5.21. The maximum absolute atomic E-state index is 12.2. The van der Waals surface area contributed by atoms with Crippen LogP contribution in [0.3, 0.4) is 0 Å². The van der Waals surface area contributed by atoms with Gasteiger partial charge in [-0.1, -0.05) is 30.3 Å². The largest absolute Gasteiger partial charge is 0.490 e. The summed E-state index contributed by atoms with van der Waals surface area (Å²) < 4.78 is 5.70. The predicted octanol–water partition coefficient (Wildman–Crippen LogP) is 3.71. The molecule has 21 heavy (non-hydrogen) atoms. The molecule has 1 aliphatic rings. The summed E-state index contributed by atoms with van der Waals surface area (Å²) in [5.74, 6) is 0.734. The number of benzene rings is 2. The number of nitrogens with two attached hydrogens (primary N) is 1. The first-order valence-electron chi connectivity index (χ1n) is 7.05. The van der Waals surface area contributed by atoms with Gasteiger partial charge in [0.15, 0.2) is 5.78 Å². The van der Waals surface area contributed by atoms with Crippen LogP contribution in [0.1, 0.15) is 28.8 Å². The molecule has 2 aromatic rings. The van der Waals surface area contributed by atoms with Gasteiger partial charge in [-0.2, -0.15) is 0 Å². The van der Waals surface area contributed by atoms with Gasteiger partial charge in [-0.15, -0.1) is 0 Å². The highest BCUT2D eigenvalue weighted by atomic mass is 16.5. The summed E-state index contributed by atoms with van der Waals surface area (Å²) in [6, 6.07) is 14.7. The van der Waals surface area contributed by atoms with Gasteiger partial charge in [0.1, 0.15) is 5.75 Å². The van der Waals surface area contributed by atoms with Crippen LogP contribution in [-0.2, 0) is 0 Å². The monoisotopic (exact) mass is 279 g/mol. The van der Waals surface area contributed by atoms with Crippen molar-refractivity contribution in [3.05, 3.63) is 65.7 Å². The molecule has 0 heterocycles. The Bertz CT molecular complexity index is 670. The first-order valence-corrected chi connectivity index (χ1v) is 7.05. The zero-order valence-corrected chi connectivity index (χ0v) is 11.7. The van der Waals surface area contributed by atoms with Gasteiger partial charge < -0.3 is 10.5 Å². The Balaban J connectivity index is 1.70. The average Bonchev–Trinajstić information content (AvgIpc) is 3.30. The van der Waals surface area contributed by atoms with Crippen LogP contribution in [0.2, 0.25) is 0 Å². The highest BCUT2D eigenvalue weighted by molar-refractivity contribution is 6.07. The number of hydrogen-bond acceptors (Lipinski definition) is 3. The van der Waals surface area contributed by atoms with Crippen molar-refractivity contribution in [2.24, 2.45) is 0 Å². The lowest BCUT2D eigenvalue weighted by atomic mass is 10.1. The molecule has 1 fully saturated rings. The van der Waals surface area contributed by atoms with Crippen molar-refractivity contribution in [2.45, 2.75) is 18.9 Å². The Morgan fingerprint density at radius 3 is 2.62 bits per heavy atom. The van der Waals surface area contributed by atoms with Crippen molar-refractivity contribution in [3.8, 4) is 5.75 Å². The summed E-state index contributed by atoms with van der Waals surface area (Å²) in [5, 5.41) is 0. The second kappa shape index (κ2) is 5.83. The molecular formula is C18H17NO2. The van der Waals surface area contributed by atoms with Gasteiger partial charge in [0.05, 0.1) is 6.10 Å². The van der Waals surface area contributed by atoms with Gasteiger partial charge in [0, 0.05) is 11.3 Å². The van der Waals surface area contributed by atoms with Gasteiger partial charge in [-0.25, -0.2) is 0 Å². The van der Waals surface area contributed by atoms with E-state index in [-0.39, 0.29) is 5.78 Å². The van der Waals surface area contributed by atoms with Crippen LogP contribution in [0.5, 0.6) is 5.75 Å². The minimum atomic E-state index is -0.0342. The van der Waals surface area contributed by atoms with E-state index in [1.807, 2.05) is 36.4 Å². The molecule has 3 heteroatoms. The van der Waals surface area contributed by atoms with E-state index in [1.54, 1.807) is 24.3 Å². The Morgan fingerprint density at radius 1 is 1.14 bits per heavy atom. The third-order valence-electron chi connectivity index (χ3n) is 3.31. The number of carbonyl (C=O) groups excluding carboxylic acids is 1. The number of rotatable bonds is 5. The minimum absolute atomic E-state index is 0.0342. The van der Waals surface area contributed by atoms with E-state index in [0.29, 0.717) is 17.4 Å². The lowest BCUT2D eigenvalue weighted by Gasteiger charge is -2.05. The van der Waals surface area contributed by atoms with E-state index in [0.717, 1.165) is 24.2 Å². The molecule has 1 saturated carbocycles. The number of carbonyl (C=O) groups is 1. The molecule has 0 unspecified atom stereocenters. The number of ketones is 1. The Labute approximate surface area is 124 Å². The topological polar surface area (TPSA) is 52.3 Å². The van der Waals surface area contributed by atoms with E-state index in [1.165, 1.54) is 0 Å². The van der Waals surface area contributed by atoms with Crippen molar-refractivity contribution in [2.75, 3.05) is 5.73 Å². The molecule has 3 nitrogen and oxygen atoms in total. The normalized spacial score (nSPS) is 14.3. The maximum Gasteiger partial charge on any atom is 0.185 e. The molecule has 1 aliphatic carbocycles. The zero-order valence-electron chi connectivity index (χ0n) is 11.7. The van der Waals surface area contributed by atoms with Gasteiger partial charge in [0.25, 0.3) is 0 Å². The minimum Gasteiger partial charge on any atom is -0.490 e. The van der Waals surface area contributed by atoms with Crippen molar-refractivity contribution in [1.29, 1.82) is 0 Å². The van der Waals surface area contributed by atoms with Crippen LogP contribution in [0.25, 0.3) is 6.08 Å². The lowest BCUT2D eigenvalue weighted by molar-refractivity contribution is 0.104. The maximum atomic E-state index is 12.2. The molecule has 0 amide bonds. The van der Waals surface area contributed by atoms with Gasteiger partial charge in [0.2, 0.25) is 0 Å². The third-order valence-corrected chi connectivity index (χ3v) is 3.31. The Hall–Kier alpha value is -2.55. The van der Waals surface area contributed by atoms with Crippen LogP contribution in [0, 0.1) is 0 Å². The zero-order chi connectivity index (χ0) is 14.7. The quantitative estimate of drug-likeness (QED) is 0.515. The molecule has 0 saturated heterocycles. The number of nitrogen functional groups attached to an aromatic ring is 1. The molecule has 0 atom stereocenters. The fourth-order valence-corrected chi connectivity index (χ4v) is 1.98. The molecule has 106 valence electrons. The number of allylic oxidation sites excluding steroid dienone is 1. The van der Waals surface area contributed by atoms with Gasteiger partial charge in [-0.05, 0) is 48.7 Å². The molecule has 0 spiro atoms. The van der Waals surface area contributed by atoms with Crippen LogP contribution in [0.15, 0.2) is 54.6 Å². The molecule has 2 N–H and O–H groups in total. The fourth-order valence-electron chi connectivity index (χ4n) is 1.98. The molecule has 2 aromatic carbocycles. The van der Waals surface area contributed by atoms with Crippen molar-refractivity contribution >= 4 is 17.5 Å². The second-order valence-electron chi connectivity index (χ2n) is 5.21. The summed E-state index contributed by atoms with van der Waals surface area (Å²) in [6.07, 6.45) is 5.91. The van der Waals surface area contributed by atoms with Crippen molar-refractivity contribution < 1.29 is 9.53 Å². The summed E-state index contributed by atoms with van der Waals surface area (Å²) >= 11 is 0. The highest BCUT2D eigenvalue weighted by Crippen LogP contribution is 2.27. The standard InChI is InChI=1S/C18H17NO2/c19-15-7-4-13(5-8-15)6-11-18(20)14-2-1-3-17(12-14)21-16-9-10-16/h1-8,11-12,16H,9-10,19H2/b11-6+. The summed E-state index contributed by atoms with van der Waals surface area (Å²) in [6.45, 7) is 0. The third kappa shape index (κ3) is 3.72. The number of ether oxygens (including phenoxy) is 1. The molecule has 0 radical (unpaired) electrons. The number of anilines is 1. The van der Waals surface area contributed by atoms with Crippen LogP contribution < -0.4 is 10.5 Å². The van der Waals surface area contributed by atoms with E-state index < -0.39 is 0 Å². The van der Waals surface area contributed by atoms with E-state index >= 15 is 0 Å². The highest BCUT2D eigenvalue weighted by Gasteiger charge is 2.23. The molecule has 0 bridgehead atoms. The number of hydrogen-bond donors (Lipinski definition) is 1. The molecule has 3 rings (SSSR count). The van der Waals surface area contributed by atoms with Gasteiger partial charge >= 0.3 is 0 Å². The van der Waals surface area contributed by atoms with Crippen LogP contribution in [-0.4, -0.2) is 11.9 Å². The Morgan fingerprint density at radius 2 is 1.90 bits per heavy atom.